The Balaban J connectivity index is 1.88. The van der Waals surface area contributed by atoms with Gasteiger partial charge in [0.1, 0.15) is 5.75 Å². The summed E-state index contributed by atoms with van der Waals surface area (Å²) in [6.07, 6.45) is 3.40. The third kappa shape index (κ3) is 3.19. The molecule has 3 rings (SSSR count). The molecule has 0 bridgehead atoms. The number of hydrogen-bond acceptors (Lipinski definition) is 4. The van der Waals surface area contributed by atoms with E-state index >= 15 is 0 Å². The summed E-state index contributed by atoms with van der Waals surface area (Å²) in [5, 5.41) is 10.3. The first kappa shape index (κ1) is 15.1. The van der Waals surface area contributed by atoms with Crippen LogP contribution in [0.4, 0.5) is 0 Å². The molecular formula is C16H22ClNO3. The molecule has 0 aliphatic carbocycles. The van der Waals surface area contributed by atoms with Gasteiger partial charge in [-0.2, -0.15) is 0 Å². The van der Waals surface area contributed by atoms with E-state index in [1.54, 1.807) is 0 Å². The highest BCUT2D eigenvalue weighted by Crippen LogP contribution is 2.34. The number of aliphatic hydroxyl groups excluding tert-OH is 1. The third-order valence-electron chi connectivity index (χ3n) is 4.51. The van der Waals surface area contributed by atoms with Crippen molar-refractivity contribution in [3.8, 4) is 5.75 Å². The van der Waals surface area contributed by atoms with Crippen molar-refractivity contribution in [1.82, 2.24) is 4.90 Å². The summed E-state index contributed by atoms with van der Waals surface area (Å²) in [6.45, 7) is 4.03. The van der Waals surface area contributed by atoms with Crippen molar-refractivity contribution >= 4 is 11.6 Å². The van der Waals surface area contributed by atoms with Crippen LogP contribution in [0.2, 0.25) is 5.02 Å². The lowest BCUT2D eigenvalue weighted by Crippen LogP contribution is -2.46. The fourth-order valence-corrected chi connectivity index (χ4v) is 3.66. The lowest BCUT2D eigenvalue weighted by molar-refractivity contribution is -0.0186. The van der Waals surface area contributed by atoms with Gasteiger partial charge in [0.2, 0.25) is 0 Å². The SMILES string of the molecule is CC1CCCC(CO)N1Cc1cc(Cl)cc2c1OCOC2. The monoisotopic (exact) mass is 311 g/mol. The van der Waals surface area contributed by atoms with Crippen LogP contribution in [0.3, 0.4) is 0 Å². The highest BCUT2D eigenvalue weighted by atomic mass is 35.5. The van der Waals surface area contributed by atoms with Crippen molar-refractivity contribution in [3.63, 3.8) is 0 Å². The van der Waals surface area contributed by atoms with Crippen molar-refractivity contribution in [2.45, 2.75) is 51.4 Å². The molecule has 0 saturated carbocycles. The number of hydrogen-bond donors (Lipinski definition) is 1. The second kappa shape index (κ2) is 6.53. The van der Waals surface area contributed by atoms with Gasteiger partial charge in [-0.05, 0) is 31.9 Å². The Labute approximate surface area is 130 Å². The van der Waals surface area contributed by atoms with Gasteiger partial charge in [0.25, 0.3) is 0 Å². The predicted octanol–water partition coefficient (Wildman–Crippen LogP) is 2.94. The molecule has 0 amide bonds. The zero-order valence-electron chi connectivity index (χ0n) is 12.3. The van der Waals surface area contributed by atoms with E-state index in [1.807, 2.05) is 12.1 Å². The molecule has 21 heavy (non-hydrogen) atoms. The van der Waals surface area contributed by atoms with Gasteiger partial charge in [0.05, 0.1) is 13.2 Å². The van der Waals surface area contributed by atoms with Crippen molar-refractivity contribution < 1.29 is 14.6 Å². The number of fused-ring (bicyclic) bond motifs is 1. The van der Waals surface area contributed by atoms with Crippen molar-refractivity contribution in [2.75, 3.05) is 13.4 Å². The first-order chi connectivity index (χ1) is 10.2. The van der Waals surface area contributed by atoms with Crippen LogP contribution in [0.1, 0.15) is 37.3 Å². The second-order valence-electron chi connectivity index (χ2n) is 5.95. The zero-order valence-corrected chi connectivity index (χ0v) is 13.1. The number of likely N-dealkylation sites (tertiary alicyclic amines) is 1. The fraction of sp³-hybridized carbons (Fsp3) is 0.625. The molecular weight excluding hydrogens is 290 g/mol. The van der Waals surface area contributed by atoms with E-state index in [1.165, 1.54) is 12.8 Å². The van der Waals surface area contributed by atoms with Crippen LogP contribution in [-0.4, -0.2) is 35.5 Å². The number of rotatable bonds is 3. The Hall–Kier alpha value is -0.810. The molecule has 1 saturated heterocycles. The molecule has 1 aromatic carbocycles. The summed E-state index contributed by atoms with van der Waals surface area (Å²) >= 11 is 6.23. The van der Waals surface area contributed by atoms with E-state index in [0.717, 1.165) is 29.8 Å². The minimum atomic E-state index is 0.205. The summed E-state index contributed by atoms with van der Waals surface area (Å²) in [5.74, 6) is 0.903. The van der Waals surface area contributed by atoms with E-state index in [-0.39, 0.29) is 12.6 Å². The van der Waals surface area contributed by atoms with Crippen molar-refractivity contribution in [2.24, 2.45) is 0 Å². The number of piperidine rings is 1. The van der Waals surface area contributed by atoms with Gasteiger partial charge in [-0.25, -0.2) is 0 Å². The maximum absolute atomic E-state index is 9.63. The normalized spacial score (nSPS) is 26.2. The highest BCUT2D eigenvalue weighted by Gasteiger charge is 2.29. The van der Waals surface area contributed by atoms with Crippen LogP contribution in [0.15, 0.2) is 12.1 Å². The largest absolute Gasteiger partial charge is 0.467 e. The molecule has 2 aliphatic heterocycles. The number of ether oxygens (including phenoxy) is 2. The van der Waals surface area contributed by atoms with Gasteiger partial charge in [-0.1, -0.05) is 18.0 Å². The molecule has 1 N–H and O–H groups in total. The van der Waals surface area contributed by atoms with E-state index in [9.17, 15) is 5.11 Å². The molecule has 116 valence electrons. The van der Waals surface area contributed by atoms with Crippen molar-refractivity contribution in [1.29, 1.82) is 0 Å². The van der Waals surface area contributed by atoms with Crippen molar-refractivity contribution in [3.05, 3.63) is 28.3 Å². The van der Waals surface area contributed by atoms with Crippen LogP contribution >= 0.6 is 11.6 Å². The first-order valence-corrected chi connectivity index (χ1v) is 7.95. The van der Waals surface area contributed by atoms with Gasteiger partial charge in [0.15, 0.2) is 6.79 Å². The van der Waals surface area contributed by atoms with E-state index < -0.39 is 0 Å². The molecule has 2 atom stereocenters. The zero-order chi connectivity index (χ0) is 14.8. The van der Waals surface area contributed by atoms with Gasteiger partial charge in [-0.15, -0.1) is 0 Å². The summed E-state index contributed by atoms with van der Waals surface area (Å²) in [5.41, 5.74) is 2.10. The molecule has 2 aliphatic rings. The number of aliphatic hydroxyl groups is 1. The lowest BCUT2D eigenvalue weighted by Gasteiger charge is -2.40. The maximum Gasteiger partial charge on any atom is 0.189 e. The topological polar surface area (TPSA) is 41.9 Å². The van der Waals surface area contributed by atoms with E-state index in [4.69, 9.17) is 21.1 Å². The van der Waals surface area contributed by atoms with Crippen LogP contribution in [0.5, 0.6) is 5.75 Å². The van der Waals surface area contributed by atoms with Gasteiger partial charge < -0.3 is 14.6 Å². The van der Waals surface area contributed by atoms with Gasteiger partial charge >= 0.3 is 0 Å². The fourth-order valence-electron chi connectivity index (χ4n) is 3.39. The smallest absolute Gasteiger partial charge is 0.189 e. The Morgan fingerprint density at radius 1 is 1.38 bits per heavy atom. The highest BCUT2D eigenvalue weighted by molar-refractivity contribution is 6.30. The molecule has 2 heterocycles. The molecule has 4 nitrogen and oxygen atoms in total. The number of benzene rings is 1. The second-order valence-corrected chi connectivity index (χ2v) is 6.39. The average molecular weight is 312 g/mol. The molecule has 2 unspecified atom stereocenters. The quantitative estimate of drug-likeness (QED) is 0.932. The summed E-state index contributed by atoms with van der Waals surface area (Å²) in [4.78, 5) is 2.37. The molecule has 0 spiro atoms. The molecule has 0 aromatic heterocycles. The summed E-state index contributed by atoms with van der Waals surface area (Å²) in [6, 6.07) is 4.57. The lowest BCUT2D eigenvalue weighted by atomic mass is 9.95. The summed E-state index contributed by atoms with van der Waals surface area (Å²) < 4.78 is 11.0. The Bertz CT molecular complexity index is 509. The molecule has 5 heteroatoms. The Morgan fingerprint density at radius 2 is 2.24 bits per heavy atom. The van der Waals surface area contributed by atoms with Crippen LogP contribution in [-0.2, 0) is 17.9 Å². The minimum Gasteiger partial charge on any atom is -0.467 e. The maximum atomic E-state index is 9.63. The Kier molecular flexibility index (Phi) is 4.69. The van der Waals surface area contributed by atoms with Crippen LogP contribution < -0.4 is 4.74 Å². The average Bonchev–Trinajstić information content (AvgIpc) is 2.49. The molecule has 1 aromatic rings. The van der Waals surface area contributed by atoms with Crippen LogP contribution in [0, 0.1) is 0 Å². The first-order valence-electron chi connectivity index (χ1n) is 7.57. The minimum absolute atomic E-state index is 0.205. The summed E-state index contributed by atoms with van der Waals surface area (Å²) in [7, 11) is 0. The van der Waals surface area contributed by atoms with Gasteiger partial charge in [-0.3, -0.25) is 4.90 Å². The van der Waals surface area contributed by atoms with Gasteiger partial charge in [0, 0.05) is 34.8 Å². The van der Waals surface area contributed by atoms with E-state index in [2.05, 4.69) is 11.8 Å². The third-order valence-corrected chi connectivity index (χ3v) is 4.73. The standard InChI is InChI=1S/C16H22ClNO3/c1-11-3-2-4-15(8-19)18(11)7-12-5-14(17)6-13-9-20-10-21-16(12)13/h5-6,11,15,19H,2-4,7-10H2,1H3. The number of halogens is 1. The Morgan fingerprint density at radius 3 is 3.05 bits per heavy atom. The van der Waals surface area contributed by atoms with Crippen LogP contribution in [0.25, 0.3) is 0 Å². The number of nitrogens with zero attached hydrogens (tertiary/aromatic N) is 1. The van der Waals surface area contributed by atoms with E-state index in [0.29, 0.717) is 24.5 Å². The molecule has 1 fully saturated rings. The molecule has 0 radical (unpaired) electrons. The predicted molar refractivity (Wildman–Crippen MR) is 81.5 cm³/mol.